The summed E-state index contributed by atoms with van der Waals surface area (Å²) in [7, 11) is 1.72. The quantitative estimate of drug-likeness (QED) is 0.122. The fourth-order valence-corrected chi connectivity index (χ4v) is 7.91. The highest BCUT2D eigenvalue weighted by atomic mass is 16.3. The summed E-state index contributed by atoms with van der Waals surface area (Å²) in [6.45, 7) is 12.0. The van der Waals surface area contributed by atoms with Crippen molar-refractivity contribution >= 4 is 51.2 Å². The number of nitrogens with zero attached hydrogens (tertiary/aromatic N) is 9. The number of amides is 2. The van der Waals surface area contributed by atoms with Gasteiger partial charge in [0.1, 0.15) is 17.0 Å². The lowest BCUT2D eigenvalue weighted by Gasteiger charge is -2.36. The van der Waals surface area contributed by atoms with Gasteiger partial charge in [0.05, 0.1) is 23.3 Å². The number of piperidine rings is 1. The fourth-order valence-electron chi connectivity index (χ4n) is 7.91. The van der Waals surface area contributed by atoms with Crippen LogP contribution in [0.1, 0.15) is 50.4 Å². The van der Waals surface area contributed by atoms with Gasteiger partial charge in [-0.2, -0.15) is 4.98 Å². The number of nitrogens with one attached hydrogen (secondary N) is 2. The van der Waals surface area contributed by atoms with Crippen LogP contribution in [0, 0.1) is 0 Å². The molecule has 2 aromatic carbocycles. The van der Waals surface area contributed by atoms with E-state index in [4.69, 9.17) is 4.98 Å². The highest BCUT2D eigenvalue weighted by Crippen LogP contribution is 2.26. The summed E-state index contributed by atoms with van der Waals surface area (Å²) in [5.41, 5.74) is 3.68. The van der Waals surface area contributed by atoms with Crippen LogP contribution in [0.25, 0.3) is 27.9 Å². The molecule has 6 heterocycles. The standard InChI is InChI=1S/C42H47N11O5/c1-5-19-51-39(56)30-26-43-40(47-37(30)53(51)35-10-6-9-34(45-35)42(2,3)58)44-28-12-14-29(15-13-28)50-23-21-49(22-24-50)20-7-8-27-11-16-31-33(25-27)48(4)41(57)52(31)32-17-18-36(54)46-38(32)55/h5-6,9-16,25-26,32,58H,1,7-8,17-24H2,2-4H3,(H,43,44,47)(H,46,54,55). The number of imide groups is 1. The van der Waals surface area contributed by atoms with E-state index in [-0.39, 0.29) is 30.1 Å². The molecule has 0 bridgehead atoms. The lowest BCUT2D eigenvalue weighted by Crippen LogP contribution is -2.46. The average molecular weight is 786 g/mol. The summed E-state index contributed by atoms with van der Waals surface area (Å²) in [6.07, 6.45) is 5.51. The number of rotatable bonds is 12. The smallest absolute Gasteiger partial charge is 0.329 e. The Morgan fingerprint density at radius 2 is 1.76 bits per heavy atom. The SMILES string of the molecule is C=CCn1c(=O)c2cnc(Nc3ccc(N4CCN(CCCc5ccc6c(c5)n(C)c(=O)n6C5CCC(=O)NC5=O)CC4)cc3)nc2n1-c1cccc(C(C)(C)O)n1. The van der Waals surface area contributed by atoms with Crippen LogP contribution in [0.15, 0.2) is 89.1 Å². The second-order valence-corrected chi connectivity index (χ2v) is 15.5. The van der Waals surface area contributed by atoms with Gasteiger partial charge in [-0.15, -0.1) is 6.58 Å². The topological polar surface area (TPSA) is 177 Å². The van der Waals surface area contributed by atoms with E-state index in [1.807, 2.05) is 30.3 Å². The third-order valence-corrected chi connectivity index (χ3v) is 11.0. The maximum Gasteiger partial charge on any atom is 0.329 e. The Labute approximate surface area is 334 Å². The average Bonchev–Trinajstić information content (AvgIpc) is 3.62. The maximum absolute atomic E-state index is 13.4. The van der Waals surface area contributed by atoms with Gasteiger partial charge < -0.3 is 15.3 Å². The molecule has 2 aliphatic rings. The van der Waals surface area contributed by atoms with E-state index in [2.05, 4.69) is 49.1 Å². The van der Waals surface area contributed by atoms with Gasteiger partial charge in [-0.3, -0.25) is 33.7 Å². The van der Waals surface area contributed by atoms with E-state index < -0.39 is 17.6 Å². The highest BCUT2D eigenvalue weighted by molar-refractivity contribution is 6.00. The van der Waals surface area contributed by atoms with Crippen molar-refractivity contribution in [3.8, 4) is 5.82 Å². The molecule has 3 N–H and O–H groups in total. The molecule has 16 nitrogen and oxygen atoms in total. The lowest BCUT2D eigenvalue weighted by atomic mass is 10.0. The number of aryl methyl sites for hydroxylation is 2. The van der Waals surface area contributed by atoms with Crippen molar-refractivity contribution in [3.05, 3.63) is 112 Å². The number of fused-ring (bicyclic) bond motifs is 2. The van der Waals surface area contributed by atoms with E-state index >= 15 is 0 Å². The van der Waals surface area contributed by atoms with E-state index in [1.54, 1.807) is 54.4 Å². The van der Waals surface area contributed by atoms with Crippen LogP contribution in [-0.2, 0) is 35.2 Å². The van der Waals surface area contributed by atoms with Gasteiger partial charge in [-0.25, -0.2) is 24.1 Å². The first kappa shape index (κ1) is 38.5. The molecular weight excluding hydrogens is 739 g/mol. The fraction of sp³-hybridized carbons (Fsp3) is 0.357. The Bertz CT molecular complexity index is 2660. The number of benzene rings is 2. The van der Waals surface area contributed by atoms with Crippen molar-refractivity contribution < 1.29 is 14.7 Å². The van der Waals surface area contributed by atoms with Crippen LogP contribution in [0.3, 0.4) is 0 Å². The van der Waals surface area contributed by atoms with Crippen LogP contribution < -0.4 is 26.8 Å². The van der Waals surface area contributed by atoms with Crippen LogP contribution in [0.5, 0.6) is 0 Å². The molecule has 2 amide bonds. The van der Waals surface area contributed by atoms with Crippen molar-refractivity contribution in [2.24, 2.45) is 7.05 Å². The Balaban J connectivity index is 0.879. The molecular formula is C42H47N11O5. The van der Waals surface area contributed by atoms with Gasteiger partial charge in [0, 0.05) is 57.2 Å². The van der Waals surface area contributed by atoms with Crippen LogP contribution in [0.2, 0.25) is 0 Å². The predicted octanol–water partition coefficient (Wildman–Crippen LogP) is 3.52. The number of hydrogen-bond donors (Lipinski definition) is 3. The molecule has 0 aliphatic carbocycles. The zero-order chi connectivity index (χ0) is 40.7. The van der Waals surface area contributed by atoms with E-state index in [9.17, 15) is 24.3 Å². The highest BCUT2D eigenvalue weighted by Gasteiger charge is 2.31. The number of hydrogen-bond acceptors (Lipinski definition) is 11. The molecule has 6 aromatic rings. The predicted molar refractivity (Wildman–Crippen MR) is 222 cm³/mol. The van der Waals surface area contributed by atoms with Crippen LogP contribution >= 0.6 is 0 Å². The minimum Gasteiger partial charge on any atom is -0.384 e. The Morgan fingerprint density at radius 3 is 2.48 bits per heavy atom. The maximum atomic E-state index is 13.4. The van der Waals surface area contributed by atoms with Crippen molar-refractivity contribution in [2.45, 2.75) is 57.7 Å². The number of pyridine rings is 1. The summed E-state index contributed by atoms with van der Waals surface area (Å²) >= 11 is 0. The van der Waals surface area contributed by atoms with Gasteiger partial charge in [-0.1, -0.05) is 18.2 Å². The Kier molecular flexibility index (Phi) is 10.3. The first-order valence-electron chi connectivity index (χ1n) is 19.6. The van der Waals surface area contributed by atoms with Gasteiger partial charge in [0.2, 0.25) is 17.8 Å². The first-order valence-corrected chi connectivity index (χ1v) is 19.6. The summed E-state index contributed by atoms with van der Waals surface area (Å²) < 4.78 is 6.24. The van der Waals surface area contributed by atoms with Gasteiger partial charge in [0.25, 0.3) is 5.56 Å². The number of carbonyl (C=O) groups excluding carboxylic acids is 2. The van der Waals surface area contributed by atoms with Gasteiger partial charge in [0.15, 0.2) is 11.5 Å². The Morgan fingerprint density at radius 1 is 0.983 bits per heavy atom. The monoisotopic (exact) mass is 785 g/mol. The molecule has 0 spiro atoms. The number of imidazole rings is 1. The molecule has 1 atom stereocenters. The Hall–Kier alpha value is -6.39. The molecule has 8 rings (SSSR count). The van der Waals surface area contributed by atoms with Crippen LogP contribution in [0.4, 0.5) is 17.3 Å². The number of aliphatic hydroxyl groups is 1. The lowest BCUT2D eigenvalue weighted by molar-refractivity contribution is -0.135. The zero-order valence-electron chi connectivity index (χ0n) is 32.9. The van der Waals surface area contributed by atoms with Crippen molar-refractivity contribution in [2.75, 3.05) is 42.9 Å². The molecule has 0 saturated carbocycles. The summed E-state index contributed by atoms with van der Waals surface area (Å²) in [6, 6.07) is 18.7. The molecule has 16 heteroatoms. The van der Waals surface area contributed by atoms with Crippen LogP contribution in [-0.4, -0.2) is 88.0 Å². The molecule has 4 aromatic heterocycles. The second-order valence-electron chi connectivity index (χ2n) is 15.5. The molecule has 300 valence electrons. The van der Waals surface area contributed by atoms with Gasteiger partial charge >= 0.3 is 5.69 Å². The molecule has 2 fully saturated rings. The number of piperazine rings is 1. The van der Waals surface area contributed by atoms with Crippen molar-refractivity contribution in [1.29, 1.82) is 0 Å². The molecule has 58 heavy (non-hydrogen) atoms. The third-order valence-electron chi connectivity index (χ3n) is 11.0. The first-order chi connectivity index (χ1) is 27.9. The van der Waals surface area contributed by atoms with Crippen molar-refractivity contribution in [3.63, 3.8) is 0 Å². The molecule has 2 saturated heterocycles. The zero-order valence-corrected chi connectivity index (χ0v) is 32.9. The number of carbonyl (C=O) groups is 2. The summed E-state index contributed by atoms with van der Waals surface area (Å²) in [5.74, 6) is 0.0313. The van der Waals surface area contributed by atoms with E-state index in [0.717, 1.165) is 68.0 Å². The summed E-state index contributed by atoms with van der Waals surface area (Å²) in [4.78, 5) is 69.4. The van der Waals surface area contributed by atoms with E-state index in [1.165, 1.54) is 15.4 Å². The third kappa shape index (κ3) is 7.43. The minimum atomic E-state index is -1.18. The number of allylic oxidation sites excluding steroid dienone is 1. The normalized spacial score (nSPS) is 16.6. The molecule has 0 radical (unpaired) electrons. The minimum absolute atomic E-state index is 0.214. The molecule has 1 unspecified atom stereocenters. The van der Waals surface area contributed by atoms with Crippen molar-refractivity contribution in [1.82, 2.24) is 43.7 Å². The van der Waals surface area contributed by atoms with Gasteiger partial charge in [-0.05, 0) is 93.7 Å². The second kappa shape index (κ2) is 15.5. The number of anilines is 3. The summed E-state index contributed by atoms with van der Waals surface area (Å²) in [5, 5.41) is 16.6. The molecule has 2 aliphatic heterocycles. The largest absolute Gasteiger partial charge is 0.384 e. The van der Waals surface area contributed by atoms with E-state index in [0.29, 0.717) is 40.4 Å². The number of aromatic nitrogens is 7.